The minimum atomic E-state index is 0.551. The van der Waals surface area contributed by atoms with Crippen LogP contribution in [-0.2, 0) is 6.54 Å². The average Bonchev–Trinajstić information content (AvgIpc) is 2.80. The lowest BCUT2D eigenvalue weighted by atomic mass is 10.2. The molecule has 8 heteroatoms. The average molecular weight is 405 g/mol. The molecule has 1 aliphatic heterocycles. The van der Waals surface area contributed by atoms with E-state index in [2.05, 4.69) is 47.4 Å². The molecular weight excluding hydrogens is 376 g/mol. The Labute approximate surface area is 177 Å². The normalized spacial score (nSPS) is 15.1. The van der Waals surface area contributed by atoms with Crippen LogP contribution in [0.25, 0.3) is 11.4 Å². The predicted molar refractivity (Wildman–Crippen MR) is 119 cm³/mol. The molecule has 30 heavy (non-hydrogen) atoms. The van der Waals surface area contributed by atoms with Gasteiger partial charge in [0.2, 0.25) is 11.9 Å². The lowest BCUT2D eigenvalue weighted by Crippen LogP contribution is -2.45. The molecule has 0 aliphatic carbocycles. The van der Waals surface area contributed by atoms with Gasteiger partial charge in [-0.15, -0.1) is 0 Å². The third-order valence-electron chi connectivity index (χ3n) is 5.15. The number of rotatable bonds is 8. The van der Waals surface area contributed by atoms with Crippen molar-refractivity contribution in [1.29, 1.82) is 0 Å². The molecule has 0 atom stereocenters. The van der Waals surface area contributed by atoms with Crippen molar-refractivity contribution >= 4 is 11.9 Å². The van der Waals surface area contributed by atoms with E-state index in [0.717, 1.165) is 50.4 Å². The lowest BCUT2D eigenvalue weighted by molar-refractivity contribution is 0.158. The molecule has 0 bridgehead atoms. The van der Waals surface area contributed by atoms with Gasteiger partial charge in [-0.1, -0.05) is 36.4 Å². The van der Waals surface area contributed by atoms with Gasteiger partial charge in [0, 0.05) is 63.8 Å². The van der Waals surface area contributed by atoms with Crippen molar-refractivity contribution in [3.05, 3.63) is 60.4 Å². The van der Waals surface area contributed by atoms with E-state index < -0.39 is 0 Å². The van der Waals surface area contributed by atoms with E-state index in [0.29, 0.717) is 24.3 Å². The van der Waals surface area contributed by atoms with Gasteiger partial charge in [-0.25, -0.2) is 0 Å². The van der Waals surface area contributed by atoms with Crippen LogP contribution in [0.4, 0.5) is 11.9 Å². The highest BCUT2D eigenvalue weighted by Crippen LogP contribution is 2.18. The maximum atomic E-state index is 4.64. The molecule has 3 aromatic rings. The summed E-state index contributed by atoms with van der Waals surface area (Å²) in [6, 6.07) is 13.9. The third-order valence-corrected chi connectivity index (χ3v) is 5.15. The summed E-state index contributed by atoms with van der Waals surface area (Å²) >= 11 is 0. The number of hydrogen-bond donors (Lipinski definition) is 2. The van der Waals surface area contributed by atoms with Gasteiger partial charge >= 0.3 is 0 Å². The predicted octanol–water partition coefficient (Wildman–Crippen LogP) is 2.20. The smallest absolute Gasteiger partial charge is 0.228 e. The fourth-order valence-corrected chi connectivity index (χ4v) is 3.33. The lowest BCUT2D eigenvalue weighted by Gasteiger charge is -2.32. The van der Waals surface area contributed by atoms with E-state index in [1.165, 1.54) is 0 Å². The zero-order chi connectivity index (χ0) is 20.6. The molecule has 156 valence electrons. The molecule has 0 radical (unpaired) electrons. The summed E-state index contributed by atoms with van der Waals surface area (Å²) in [6.07, 6.45) is 3.60. The molecule has 0 spiro atoms. The van der Waals surface area contributed by atoms with Crippen molar-refractivity contribution in [3.63, 3.8) is 0 Å². The second-order valence-electron chi connectivity index (χ2n) is 7.46. The summed E-state index contributed by atoms with van der Waals surface area (Å²) in [5.41, 5.74) is 2.04. The summed E-state index contributed by atoms with van der Waals surface area (Å²) in [7, 11) is 2.17. The Morgan fingerprint density at radius 1 is 0.867 bits per heavy atom. The Morgan fingerprint density at radius 2 is 1.63 bits per heavy atom. The Kier molecular flexibility index (Phi) is 6.79. The number of piperazine rings is 1. The number of benzene rings is 1. The minimum absolute atomic E-state index is 0.551. The number of nitrogens with zero attached hydrogens (tertiary/aromatic N) is 6. The van der Waals surface area contributed by atoms with Gasteiger partial charge in [-0.2, -0.15) is 15.0 Å². The summed E-state index contributed by atoms with van der Waals surface area (Å²) < 4.78 is 0. The highest BCUT2D eigenvalue weighted by atomic mass is 15.3. The highest BCUT2D eigenvalue weighted by molar-refractivity contribution is 5.57. The maximum absolute atomic E-state index is 4.64. The van der Waals surface area contributed by atoms with Crippen LogP contribution in [0.2, 0.25) is 0 Å². The fourth-order valence-electron chi connectivity index (χ4n) is 3.33. The van der Waals surface area contributed by atoms with Crippen LogP contribution in [0, 0.1) is 0 Å². The largest absolute Gasteiger partial charge is 0.353 e. The van der Waals surface area contributed by atoms with Crippen molar-refractivity contribution in [2.45, 2.75) is 6.54 Å². The number of nitrogens with one attached hydrogen (secondary N) is 2. The first-order valence-electron chi connectivity index (χ1n) is 10.4. The zero-order valence-corrected chi connectivity index (χ0v) is 17.3. The summed E-state index contributed by atoms with van der Waals surface area (Å²) in [6.45, 7) is 6.80. The molecular formula is C22H28N8. The first kappa shape index (κ1) is 20.2. The van der Waals surface area contributed by atoms with E-state index in [9.17, 15) is 0 Å². The van der Waals surface area contributed by atoms with Crippen LogP contribution in [0.3, 0.4) is 0 Å². The summed E-state index contributed by atoms with van der Waals surface area (Å²) in [4.78, 5) is 22.8. The molecule has 2 aromatic heterocycles. The van der Waals surface area contributed by atoms with Crippen molar-refractivity contribution in [2.75, 3.05) is 56.9 Å². The Bertz CT molecular complexity index is 911. The molecule has 1 saturated heterocycles. The van der Waals surface area contributed by atoms with E-state index in [1.54, 1.807) is 6.20 Å². The molecule has 3 heterocycles. The molecule has 0 amide bonds. The van der Waals surface area contributed by atoms with E-state index in [4.69, 9.17) is 0 Å². The van der Waals surface area contributed by atoms with E-state index in [-0.39, 0.29) is 0 Å². The van der Waals surface area contributed by atoms with Gasteiger partial charge in [-0.05, 0) is 18.7 Å². The van der Waals surface area contributed by atoms with Gasteiger partial charge in [0.05, 0.1) is 0 Å². The maximum Gasteiger partial charge on any atom is 0.228 e. The van der Waals surface area contributed by atoms with Crippen LogP contribution >= 0.6 is 0 Å². The van der Waals surface area contributed by atoms with Crippen LogP contribution in [0.15, 0.2) is 54.9 Å². The van der Waals surface area contributed by atoms with Crippen LogP contribution in [-0.4, -0.2) is 76.1 Å². The Balaban J connectivity index is 1.44. The molecule has 0 unspecified atom stereocenters. The number of likely N-dealkylation sites (N-methyl/N-ethyl adjacent to an activating group) is 1. The number of aromatic nitrogens is 4. The zero-order valence-electron chi connectivity index (χ0n) is 17.3. The van der Waals surface area contributed by atoms with Crippen LogP contribution in [0.1, 0.15) is 5.56 Å². The SMILES string of the molecule is CN1CCN(CCNc2nc(NCc3cccnc3)nc(-c3ccccc3)n2)CC1. The van der Waals surface area contributed by atoms with Crippen molar-refractivity contribution < 1.29 is 0 Å². The molecule has 1 aliphatic rings. The van der Waals surface area contributed by atoms with Crippen molar-refractivity contribution in [3.8, 4) is 11.4 Å². The molecule has 2 N–H and O–H groups in total. The van der Waals surface area contributed by atoms with E-state index in [1.807, 2.05) is 48.7 Å². The summed E-state index contributed by atoms with van der Waals surface area (Å²) in [5, 5.41) is 6.68. The number of anilines is 2. The topological polar surface area (TPSA) is 82.1 Å². The molecule has 1 aromatic carbocycles. The van der Waals surface area contributed by atoms with Crippen molar-refractivity contribution in [2.24, 2.45) is 0 Å². The standard InChI is InChI=1S/C22H28N8/c1-29-12-14-30(15-13-29)11-10-24-21-26-20(19-7-3-2-4-8-19)27-22(28-21)25-17-18-6-5-9-23-16-18/h2-9,16H,10-15,17H2,1H3,(H2,24,25,26,27,28). The molecule has 0 saturated carbocycles. The second-order valence-corrected chi connectivity index (χ2v) is 7.46. The van der Waals surface area contributed by atoms with E-state index >= 15 is 0 Å². The summed E-state index contributed by atoms with van der Waals surface area (Å²) in [5.74, 6) is 1.79. The molecule has 8 nitrogen and oxygen atoms in total. The first-order chi connectivity index (χ1) is 14.8. The minimum Gasteiger partial charge on any atom is -0.353 e. The number of hydrogen-bond acceptors (Lipinski definition) is 8. The highest BCUT2D eigenvalue weighted by Gasteiger charge is 2.14. The van der Waals surface area contributed by atoms with Gasteiger partial charge in [0.1, 0.15) is 0 Å². The first-order valence-corrected chi connectivity index (χ1v) is 10.4. The third kappa shape index (κ3) is 5.71. The molecule has 1 fully saturated rings. The fraction of sp³-hybridized carbons (Fsp3) is 0.364. The monoisotopic (exact) mass is 404 g/mol. The second kappa shape index (κ2) is 10.1. The number of pyridine rings is 1. The molecule has 4 rings (SSSR count). The quantitative estimate of drug-likeness (QED) is 0.591. The van der Waals surface area contributed by atoms with Gasteiger partial charge in [0.25, 0.3) is 0 Å². The van der Waals surface area contributed by atoms with Gasteiger partial charge < -0.3 is 15.5 Å². The Hall–Kier alpha value is -3.10. The van der Waals surface area contributed by atoms with Gasteiger partial charge in [-0.3, -0.25) is 9.88 Å². The van der Waals surface area contributed by atoms with Crippen LogP contribution < -0.4 is 10.6 Å². The van der Waals surface area contributed by atoms with Crippen molar-refractivity contribution in [1.82, 2.24) is 29.7 Å². The van der Waals surface area contributed by atoms with Gasteiger partial charge in [0.15, 0.2) is 5.82 Å². The Morgan fingerprint density at radius 3 is 2.37 bits per heavy atom. The van der Waals surface area contributed by atoms with Crippen LogP contribution in [0.5, 0.6) is 0 Å².